The molecule has 176 valence electrons. The van der Waals surface area contributed by atoms with Crippen LogP contribution in [0, 0.1) is 0 Å². The maximum absolute atomic E-state index is 12.9. The van der Waals surface area contributed by atoms with E-state index < -0.39 is 6.67 Å². The monoisotopic (exact) mass is 499 g/mol. The first-order chi connectivity index (χ1) is 16.5. The molecule has 2 aromatic heterocycles. The second kappa shape index (κ2) is 9.74. The number of hydrogen-bond donors (Lipinski definition) is 2. The number of rotatable bonds is 6. The number of H-pyrrole nitrogens is 1. The fourth-order valence-electron chi connectivity index (χ4n) is 3.94. The van der Waals surface area contributed by atoms with Gasteiger partial charge in [-0.2, -0.15) is 9.97 Å². The number of nitrogens with zero attached hydrogens (tertiary/aromatic N) is 5. The Hall–Kier alpha value is -2.94. The Morgan fingerprint density at radius 2 is 1.68 bits per heavy atom. The van der Waals surface area contributed by atoms with Gasteiger partial charge in [0.2, 0.25) is 5.95 Å². The van der Waals surface area contributed by atoms with E-state index in [1.165, 1.54) is 0 Å². The normalized spacial score (nSPS) is 14.6. The standard InChI is InChI=1S/C24H24Cl2FN7/c1-33-9-11-34(12-10-33)24-31-22(28-16-7-5-15(14-27)6-8-16)21-23(32-24)30-20(29-21)13-17-18(25)3-2-4-19(17)26/h2-8H,9-14H2,1H3,(H2,28,29,30,31,32). The van der Waals surface area contributed by atoms with Crippen molar-refractivity contribution in [3.05, 3.63) is 69.5 Å². The van der Waals surface area contributed by atoms with Crippen LogP contribution in [-0.2, 0) is 13.1 Å². The quantitative estimate of drug-likeness (QED) is 0.379. The van der Waals surface area contributed by atoms with Crippen molar-refractivity contribution in [3.63, 3.8) is 0 Å². The number of anilines is 3. The highest BCUT2D eigenvalue weighted by molar-refractivity contribution is 6.36. The van der Waals surface area contributed by atoms with E-state index in [0.29, 0.717) is 50.8 Å². The number of imidazole rings is 1. The van der Waals surface area contributed by atoms with Crippen LogP contribution in [-0.4, -0.2) is 58.1 Å². The Labute approximate surface area is 206 Å². The highest BCUT2D eigenvalue weighted by atomic mass is 35.5. The number of halogens is 3. The van der Waals surface area contributed by atoms with Gasteiger partial charge in [0.1, 0.15) is 12.5 Å². The van der Waals surface area contributed by atoms with E-state index in [9.17, 15) is 4.39 Å². The highest BCUT2D eigenvalue weighted by Crippen LogP contribution is 2.29. The third kappa shape index (κ3) is 4.80. The Kier molecular flexibility index (Phi) is 6.54. The fraction of sp³-hybridized carbons (Fsp3) is 0.292. The molecule has 0 atom stereocenters. The largest absolute Gasteiger partial charge is 0.338 e. The minimum absolute atomic E-state index is 0.434. The van der Waals surface area contributed by atoms with E-state index in [0.717, 1.165) is 37.4 Å². The van der Waals surface area contributed by atoms with Gasteiger partial charge < -0.3 is 20.1 Å². The average molecular weight is 500 g/mol. The van der Waals surface area contributed by atoms with Crippen LogP contribution in [0.5, 0.6) is 0 Å². The maximum atomic E-state index is 12.9. The van der Waals surface area contributed by atoms with Crippen LogP contribution in [0.4, 0.5) is 21.8 Å². The molecule has 0 unspecified atom stereocenters. The van der Waals surface area contributed by atoms with E-state index in [1.807, 2.05) is 30.3 Å². The van der Waals surface area contributed by atoms with Gasteiger partial charge >= 0.3 is 0 Å². The molecule has 7 nitrogen and oxygen atoms in total. The smallest absolute Gasteiger partial charge is 0.229 e. The van der Waals surface area contributed by atoms with Crippen molar-refractivity contribution >= 4 is 51.8 Å². The van der Waals surface area contributed by atoms with Gasteiger partial charge in [0.25, 0.3) is 0 Å². The number of alkyl halides is 1. The van der Waals surface area contributed by atoms with Gasteiger partial charge in [0, 0.05) is 48.3 Å². The summed E-state index contributed by atoms with van der Waals surface area (Å²) in [6, 6.07) is 12.6. The summed E-state index contributed by atoms with van der Waals surface area (Å²) in [5.41, 5.74) is 3.46. The summed E-state index contributed by atoms with van der Waals surface area (Å²) in [4.78, 5) is 22.1. The topological polar surface area (TPSA) is 73.0 Å². The minimum Gasteiger partial charge on any atom is -0.338 e. The highest BCUT2D eigenvalue weighted by Gasteiger charge is 2.21. The van der Waals surface area contributed by atoms with Crippen LogP contribution >= 0.6 is 23.2 Å². The number of hydrogen-bond acceptors (Lipinski definition) is 6. The van der Waals surface area contributed by atoms with E-state index in [4.69, 9.17) is 38.2 Å². The molecule has 5 rings (SSSR count). The van der Waals surface area contributed by atoms with Gasteiger partial charge in [0.05, 0.1) is 0 Å². The van der Waals surface area contributed by atoms with Crippen LogP contribution in [0.3, 0.4) is 0 Å². The molecule has 34 heavy (non-hydrogen) atoms. The van der Waals surface area contributed by atoms with Gasteiger partial charge in [-0.3, -0.25) is 0 Å². The molecule has 0 saturated carbocycles. The second-order valence-electron chi connectivity index (χ2n) is 8.38. The predicted molar refractivity (Wildman–Crippen MR) is 135 cm³/mol. The van der Waals surface area contributed by atoms with Gasteiger partial charge in [-0.15, -0.1) is 0 Å². The average Bonchev–Trinajstić information content (AvgIpc) is 3.25. The first-order valence-corrected chi connectivity index (χ1v) is 11.8. The summed E-state index contributed by atoms with van der Waals surface area (Å²) in [7, 11) is 2.11. The van der Waals surface area contributed by atoms with Crippen LogP contribution in [0.15, 0.2) is 42.5 Å². The molecule has 4 aromatic rings. The molecule has 1 aliphatic heterocycles. The zero-order chi connectivity index (χ0) is 23.7. The number of aromatic nitrogens is 4. The third-order valence-electron chi connectivity index (χ3n) is 5.94. The lowest BCUT2D eigenvalue weighted by Gasteiger charge is -2.32. The first kappa shape index (κ1) is 22.8. The van der Waals surface area contributed by atoms with E-state index in [-0.39, 0.29) is 0 Å². The van der Waals surface area contributed by atoms with Gasteiger partial charge in [0.15, 0.2) is 17.0 Å². The van der Waals surface area contributed by atoms with Crippen molar-refractivity contribution in [1.82, 2.24) is 24.8 Å². The van der Waals surface area contributed by atoms with E-state index in [2.05, 4.69) is 27.1 Å². The molecule has 2 N–H and O–H groups in total. The lowest BCUT2D eigenvalue weighted by Crippen LogP contribution is -2.45. The number of nitrogens with one attached hydrogen (secondary N) is 2. The molecule has 0 amide bonds. The summed E-state index contributed by atoms with van der Waals surface area (Å²) in [5.74, 6) is 1.90. The van der Waals surface area contributed by atoms with Crippen molar-refractivity contribution in [2.24, 2.45) is 0 Å². The Balaban J connectivity index is 1.53. The molecule has 0 bridgehead atoms. The van der Waals surface area contributed by atoms with Crippen molar-refractivity contribution in [1.29, 1.82) is 0 Å². The van der Waals surface area contributed by atoms with E-state index in [1.54, 1.807) is 12.1 Å². The minimum atomic E-state index is -0.501. The van der Waals surface area contributed by atoms with Gasteiger partial charge in [-0.05, 0) is 42.4 Å². The molecule has 0 radical (unpaired) electrons. The molecular weight excluding hydrogens is 476 g/mol. The summed E-state index contributed by atoms with van der Waals surface area (Å²) >= 11 is 12.8. The summed E-state index contributed by atoms with van der Waals surface area (Å²) in [6.07, 6.45) is 0.434. The number of aromatic amines is 1. The number of benzene rings is 2. The number of likely N-dealkylation sites (N-methyl/N-ethyl adjacent to an activating group) is 1. The number of piperazine rings is 1. The molecule has 1 fully saturated rings. The summed E-state index contributed by atoms with van der Waals surface area (Å²) in [5, 5.41) is 4.51. The van der Waals surface area contributed by atoms with E-state index >= 15 is 0 Å². The zero-order valence-corrected chi connectivity index (χ0v) is 20.2. The Morgan fingerprint density at radius 3 is 2.35 bits per heavy atom. The lowest BCUT2D eigenvalue weighted by molar-refractivity contribution is 0.311. The SMILES string of the molecule is CN1CCN(c2nc(Nc3ccc(CF)cc3)c3nc(Cc4c(Cl)cccc4Cl)[nH]c3n2)CC1. The Bertz CT molecular complexity index is 1280. The second-order valence-corrected chi connectivity index (χ2v) is 9.19. The van der Waals surface area contributed by atoms with Crippen LogP contribution in [0.25, 0.3) is 11.2 Å². The summed E-state index contributed by atoms with van der Waals surface area (Å²) in [6.45, 7) is 3.05. The Morgan fingerprint density at radius 1 is 0.971 bits per heavy atom. The van der Waals surface area contributed by atoms with Crippen LogP contribution in [0.2, 0.25) is 10.0 Å². The van der Waals surface area contributed by atoms with Crippen molar-refractivity contribution in [2.75, 3.05) is 43.4 Å². The fourth-order valence-corrected chi connectivity index (χ4v) is 4.47. The predicted octanol–water partition coefficient (Wildman–Crippen LogP) is 5.22. The first-order valence-electron chi connectivity index (χ1n) is 11.0. The molecule has 1 aliphatic rings. The molecular formula is C24H24Cl2FN7. The summed E-state index contributed by atoms with van der Waals surface area (Å²) < 4.78 is 12.9. The van der Waals surface area contributed by atoms with Gasteiger partial charge in [-0.25, -0.2) is 9.37 Å². The van der Waals surface area contributed by atoms with Crippen LogP contribution in [0.1, 0.15) is 17.0 Å². The molecule has 10 heteroatoms. The third-order valence-corrected chi connectivity index (χ3v) is 6.65. The van der Waals surface area contributed by atoms with Crippen molar-refractivity contribution in [3.8, 4) is 0 Å². The van der Waals surface area contributed by atoms with Crippen molar-refractivity contribution in [2.45, 2.75) is 13.1 Å². The molecule has 2 aromatic carbocycles. The molecule has 0 aliphatic carbocycles. The lowest BCUT2D eigenvalue weighted by atomic mass is 10.1. The molecule has 3 heterocycles. The van der Waals surface area contributed by atoms with Gasteiger partial charge in [-0.1, -0.05) is 41.4 Å². The number of fused-ring (bicyclic) bond motifs is 1. The van der Waals surface area contributed by atoms with Crippen molar-refractivity contribution < 1.29 is 4.39 Å². The van der Waals surface area contributed by atoms with Crippen LogP contribution < -0.4 is 10.2 Å². The molecule has 1 saturated heterocycles. The molecule has 0 spiro atoms. The maximum Gasteiger partial charge on any atom is 0.229 e. The zero-order valence-electron chi connectivity index (χ0n) is 18.7.